The number of carbonyl (C=O) groups excluding carboxylic acids is 6. The number of hydrogen-bond acceptors (Lipinski definition) is 25. The Morgan fingerprint density at radius 1 is 0.419 bits per heavy atom. The summed E-state index contributed by atoms with van der Waals surface area (Å²) in [5, 5.41) is 56.1. The second-order valence-electron chi connectivity index (χ2n) is 17.0. The number of carboxylic acid groups (broad SMARTS) is 4. The Bertz CT molecular complexity index is 3120. The first-order valence-corrected chi connectivity index (χ1v) is 28.4. The number of nitrogens with one attached hydrogen (secondary N) is 1. The van der Waals surface area contributed by atoms with Crippen molar-refractivity contribution in [1.29, 1.82) is 0 Å². The van der Waals surface area contributed by atoms with Crippen LogP contribution in [0.2, 0.25) is 0 Å². The molecule has 0 aliphatic rings. The number of carboxylic acids is 4. The fourth-order valence-corrected chi connectivity index (χ4v) is 7.01. The minimum atomic E-state index is -1.28. The van der Waals surface area contributed by atoms with Crippen LogP contribution < -0.4 is 54.0 Å². The third-order valence-electron chi connectivity index (χ3n) is 11.0. The Hall–Kier alpha value is -7.63. The van der Waals surface area contributed by atoms with Gasteiger partial charge < -0.3 is 88.3 Å². The van der Waals surface area contributed by atoms with E-state index in [1.165, 1.54) is 83.7 Å². The monoisotopic (exact) mass is 1470 g/mol. The maximum absolute atomic E-state index is 11.9. The summed E-state index contributed by atoms with van der Waals surface area (Å²) < 4.78 is 51.4. The first-order chi connectivity index (χ1) is 42.9. The van der Waals surface area contributed by atoms with Crippen LogP contribution in [0.3, 0.4) is 0 Å². The number of carbonyl (C=O) groups is 10. The summed E-state index contributed by atoms with van der Waals surface area (Å²) in [4.78, 5) is 118. The molecule has 8 N–H and O–H groups in total. The van der Waals surface area contributed by atoms with Crippen LogP contribution in [-0.4, -0.2) is 214 Å². The van der Waals surface area contributed by atoms with Crippen LogP contribution in [0.5, 0.6) is 28.7 Å². The first-order valence-electron chi connectivity index (χ1n) is 26.2. The van der Waals surface area contributed by atoms with Crippen molar-refractivity contribution < 1.29 is 166 Å². The van der Waals surface area contributed by atoms with E-state index in [2.05, 4.69) is 51.7 Å². The van der Waals surface area contributed by atoms with Gasteiger partial charge in [0.25, 0.3) is 0 Å². The number of halogens is 3. The molecular formula is C60H71Br2ClNNaO28. The number of ketones is 3. The van der Waals surface area contributed by atoms with Gasteiger partial charge in [0.1, 0.15) is 84.0 Å². The van der Waals surface area contributed by atoms with Gasteiger partial charge in [0.2, 0.25) is 0 Å². The molecule has 0 radical (unpaired) electrons. The number of Topliss-reactive ketones (excluding diaryl/α,β-unsaturated/α-hetero) is 3. The molecule has 0 saturated heterocycles. The van der Waals surface area contributed by atoms with Crippen LogP contribution in [0.15, 0.2) is 91.0 Å². The Morgan fingerprint density at radius 3 is 1.10 bits per heavy atom. The van der Waals surface area contributed by atoms with Crippen LogP contribution >= 0.6 is 44.3 Å². The van der Waals surface area contributed by atoms with Crippen molar-refractivity contribution in [2.24, 2.45) is 0 Å². The number of aromatic carboxylic acids is 4. The molecule has 0 bridgehead atoms. The second kappa shape index (κ2) is 50.9. The van der Waals surface area contributed by atoms with E-state index in [-0.39, 0.29) is 185 Å². The minimum Gasteiger partial charge on any atom is -0.870 e. The van der Waals surface area contributed by atoms with Crippen molar-refractivity contribution in [1.82, 2.24) is 5.48 Å². The zero-order valence-electron chi connectivity index (χ0n) is 51.7. The summed E-state index contributed by atoms with van der Waals surface area (Å²) in [6, 6.07) is 19.4. The van der Waals surface area contributed by atoms with Gasteiger partial charge in [0, 0.05) is 28.8 Å². The summed E-state index contributed by atoms with van der Waals surface area (Å²) in [5.74, 6) is -7.83. The quantitative estimate of drug-likeness (QED) is 0.00601. The molecule has 0 amide bonds. The van der Waals surface area contributed by atoms with Gasteiger partial charge >= 0.3 is 71.3 Å². The predicted molar refractivity (Wildman–Crippen MR) is 334 cm³/mol. The van der Waals surface area contributed by atoms with Crippen molar-refractivity contribution >= 4 is 103 Å². The zero-order valence-corrected chi connectivity index (χ0v) is 57.7. The van der Waals surface area contributed by atoms with Crippen molar-refractivity contribution in [2.45, 2.75) is 13.8 Å². The number of esters is 3. The molecule has 33 heteroatoms. The summed E-state index contributed by atoms with van der Waals surface area (Å²) in [6.45, 7) is 4.22. The first kappa shape index (κ1) is 89.6. The van der Waals surface area contributed by atoms with Gasteiger partial charge in [-0.15, -0.1) is 12.4 Å². The maximum Gasteiger partial charge on any atom is 1.00 e. The van der Waals surface area contributed by atoms with E-state index in [9.17, 15) is 53.1 Å². The Labute approximate surface area is 579 Å². The molecule has 0 aromatic heterocycles. The van der Waals surface area contributed by atoms with Gasteiger partial charge in [-0.3, -0.25) is 14.4 Å². The fraction of sp³-hybridized carbons (Fsp3) is 0.333. The smallest absolute Gasteiger partial charge is 0.870 e. The average molecular weight is 1470 g/mol. The average Bonchev–Trinajstić information content (AvgIpc) is 0.974. The van der Waals surface area contributed by atoms with Gasteiger partial charge in [-0.25, -0.2) is 39.0 Å². The van der Waals surface area contributed by atoms with Crippen LogP contribution in [0.4, 0.5) is 0 Å². The van der Waals surface area contributed by atoms with Crippen molar-refractivity contribution in [3.05, 3.63) is 147 Å². The number of aliphatic hydroxyl groups excluding tert-OH is 1. The number of phenolic OH excluding ortho intramolecular Hbond substituents is 1. The van der Waals surface area contributed by atoms with Crippen molar-refractivity contribution in [3.8, 4) is 28.7 Å². The molecule has 0 aliphatic carbocycles. The summed E-state index contributed by atoms with van der Waals surface area (Å²) in [6.07, 6.45) is 0. The summed E-state index contributed by atoms with van der Waals surface area (Å²) in [5.41, 5.74) is 3.10. The van der Waals surface area contributed by atoms with E-state index in [1.54, 1.807) is 14.2 Å². The number of hydrogen-bond donors (Lipinski definition) is 7. The number of ether oxygens (including phenoxy) is 10. The zero-order chi connectivity index (χ0) is 67.7. The van der Waals surface area contributed by atoms with Crippen molar-refractivity contribution in [2.75, 3.05) is 119 Å². The number of hydroxylamine groups is 1. The molecule has 5 aromatic rings. The van der Waals surface area contributed by atoms with E-state index in [0.717, 1.165) is 66.3 Å². The normalized spacial score (nSPS) is 9.70. The predicted octanol–water partition coefficient (Wildman–Crippen LogP) is 4.26. The summed E-state index contributed by atoms with van der Waals surface area (Å²) >= 11 is 6.48. The number of rotatable bonds is 32. The minimum absolute atomic E-state index is 0. The van der Waals surface area contributed by atoms with Crippen molar-refractivity contribution in [3.63, 3.8) is 0 Å². The molecule has 506 valence electrons. The third-order valence-corrected chi connectivity index (χ3v) is 11.6. The molecule has 0 aliphatic heterocycles. The molecular weight excluding hydrogens is 1400 g/mol. The molecule has 0 heterocycles. The SMILES string of the molecule is BrCCOCCBr.CNOC.COC(=O)c1ccc(C(=O)CO)cc1O.COC(=O)c1ccc(C(C)=O)c(OCCOCCOc2cc(C(C)=O)ccc2C(=O)OC)c1.Cl.O=C(O)c1ccc(C(=O)O)c(OCCOCCOc2cc(C(=O)O)ccc2C(=O)O)c1.[Na+].[OH-]. The van der Waals surface area contributed by atoms with E-state index < -0.39 is 54.2 Å². The molecule has 93 heavy (non-hydrogen) atoms. The molecule has 0 unspecified atom stereocenters. The van der Waals surface area contributed by atoms with Crippen LogP contribution in [-0.2, 0) is 33.3 Å². The standard InChI is InChI=1S/C24H26O9.C20H18O11.C10H10O5.C4H8Br2O.C2H7NO.ClH.Na.H2O/c1-15(25)17-5-8-20(24(28)30-4)22(13-17)33-12-10-31-9-11-32-21-14-18(23(27)29-3)6-7-19(21)16(2)26;21-17(22)11-1-3-13(19(25)26)15(9-11)30-7-5-29-6-8-31-16-10-12(18(23)24)2-4-14(16)20(27)28;1-15-10(14)7-3-2-6(4-8(7)12)9(13)5-11;5-1-3-7-4-2-6;1-3-4-2;;;/h5-8,13-14H,9-12H2,1-4H3;1-4,9-10H,5-8H2,(H,21,22)(H,23,24)(H,25,26)(H,27,28);2-4,11-12H,5H2,1H3;1-4H2;3H,1-2H3;1H;;1H2/q;;;;;;+1;/p-1. The van der Waals surface area contributed by atoms with E-state index in [4.69, 9.17) is 63.4 Å². The molecule has 0 saturated carbocycles. The van der Waals surface area contributed by atoms with Gasteiger partial charge in [-0.05, 0) is 92.7 Å². The van der Waals surface area contributed by atoms with Crippen LogP contribution in [0, 0.1) is 0 Å². The number of benzene rings is 5. The number of methoxy groups -OCH3 is 3. The topological polar surface area (TPSA) is 436 Å². The third kappa shape index (κ3) is 33.7. The molecule has 5 aromatic carbocycles. The molecule has 0 spiro atoms. The second-order valence-corrected chi connectivity index (χ2v) is 18.6. The Morgan fingerprint density at radius 2 is 0.742 bits per heavy atom. The molecule has 0 fully saturated rings. The number of phenols is 1. The fourth-order valence-electron chi connectivity index (χ4n) is 6.56. The van der Waals surface area contributed by atoms with E-state index in [1.807, 2.05) is 0 Å². The summed E-state index contributed by atoms with van der Waals surface area (Å²) in [7, 11) is 6.99. The maximum atomic E-state index is 11.9. The van der Waals surface area contributed by atoms with Gasteiger partial charge in [-0.2, -0.15) is 0 Å². The Balaban J connectivity index is -0.00000124. The number of aliphatic hydroxyl groups is 1. The number of aromatic hydroxyl groups is 1. The molecule has 5 rings (SSSR count). The van der Waals surface area contributed by atoms with E-state index in [0.29, 0.717) is 11.1 Å². The van der Waals surface area contributed by atoms with Crippen LogP contribution in [0.25, 0.3) is 0 Å². The van der Waals surface area contributed by atoms with Gasteiger partial charge in [0.15, 0.2) is 17.3 Å². The number of alkyl halides is 2. The van der Waals surface area contributed by atoms with Crippen LogP contribution in [0.1, 0.15) is 117 Å². The molecule has 0 atom stereocenters. The molecule has 29 nitrogen and oxygen atoms in total. The Kier molecular flexibility index (Phi) is 49.0. The largest absolute Gasteiger partial charge is 1.00 e. The van der Waals surface area contributed by atoms with E-state index >= 15 is 0 Å². The van der Waals surface area contributed by atoms with Gasteiger partial charge in [-0.1, -0.05) is 44.0 Å². The van der Waals surface area contributed by atoms with Gasteiger partial charge in [0.05, 0.1) is 90.3 Å².